The Morgan fingerprint density at radius 2 is 1.90 bits per heavy atom. The van der Waals surface area contributed by atoms with E-state index in [0.717, 1.165) is 23.9 Å². The second kappa shape index (κ2) is 9.94. The summed E-state index contributed by atoms with van der Waals surface area (Å²) in [4.78, 5) is 12.8. The molecule has 3 nitrogen and oxygen atoms in total. The maximum atomic E-state index is 10.6. The van der Waals surface area contributed by atoms with E-state index in [1.165, 1.54) is 37.0 Å². The zero-order valence-electron chi connectivity index (χ0n) is 12.7. The van der Waals surface area contributed by atoms with E-state index in [9.17, 15) is 4.79 Å². The molecule has 1 aromatic heterocycles. The molecule has 2 N–H and O–H groups in total. The lowest BCUT2D eigenvalue weighted by Crippen LogP contribution is -2.13. The van der Waals surface area contributed by atoms with Crippen molar-refractivity contribution in [3.63, 3.8) is 0 Å². The molecule has 4 heteroatoms. The minimum atomic E-state index is -0.757. The minimum Gasteiger partial charge on any atom is -0.481 e. The summed E-state index contributed by atoms with van der Waals surface area (Å²) in [5.74, 6) is 0.0692. The van der Waals surface area contributed by atoms with Gasteiger partial charge in [-0.1, -0.05) is 39.5 Å². The van der Waals surface area contributed by atoms with E-state index in [-0.39, 0.29) is 6.42 Å². The quantitative estimate of drug-likeness (QED) is 0.605. The van der Waals surface area contributed by atoms with Gasteiger partial charge in [-0.2, -0.15) is 0 Å². The topological polar surface area (TPSA) is 49.3 Å². The van der Waals surface area contributed by atoms with Crippen molar-refractivity contribution in [2.45, 2.75) is 58.9 Å². The van der Waals surface area contributed by atoms with Crippen molar-refractivity contribution in [3.8, 4) is 0 Å². The van der Waals surface area contributed by atoms with Gasteiger partial charge in [0.1, 0.15) is 0 Å². The fourth-order valence-corrected chi connectivity index (χ4v) is 3.11. The number of nitrogens with one attached hydrogen (secondary N) is 1. The molecule has 0 aliphatic heterocycles. The molecule has 1 aromatic rings. The molecule has 0 aromatic carbocycles. The molecule has 0 bridgehead atoms. The molecule has 0 radical (unpaired) electrons. The van der Waals surface area contributed by atoms with Crippen LogP contribution in [0.2, 0.25) is 0 Å². The number of carboxylic acid groups (broad SMARTS) is 1. The van der Waals surface area contributed by atoms with Gasteiger partial charge in [0, 0.05) is 16.3 Å². The Labute approximate surface area is 126 Å². The average molecular weight is 297 g/mol. The summed E-state index contributed by atoms with van der Waals surface area (Å²) in [7, 11) is 0. The maximum Gasteiger partial charge on any atom is 0.308 e. The predicted octanol–water partition coefficient (Wildman–Crippen LogP) is 4.07. The lowest BCUT2D eigenvalue weighted by molar-refractivity contribution is -0.136. The third-order valence-electron chi connectivity index (χ3n) is 3.23. The zero-order valence-corrected chi connectivity index (χ0v) is 13.5. The van der Waals surface area contributed by atoms with E-state index in [1.54, 1.807) is 11.3 Å². The molecule has 0 amide bonds. The third-order valence-corrected chi connectivity index (χ3v) is 4.31. The molecule has 1 rings (SSSR count). The first-order valence-electron chi connectivity index (χ1n) is 7.58. The first-order valence-corrected chi connectivity index (χ1v) is 8.39. The van der Waals surface area contributed by atoms with E-state index in [2.05, 4.69) is 19.2 Å². The van der Waals surface area contributed by atoms with Crippen molar-refractivity contribution in [2.75, 3.05) is 6.54 Å². The molecule has 0 unspecified atom stereocenters. The molecule has 0 saturated heterocycles. The van der Waals surface area contributed by atoms with E-state index in [0.29, 0.717) is 0 Å². The number of rotatable bonds is 11. The molecular formula is C16H27NO2S. The van der Waals surface area contributed by atoms with Gasteiger partial charge in [-0.3, -0.25) is 4.79 Å². The molecule has 20 heavy (non-hydrogen) atoms. The van der Waals surface area contributed by atoms with Gasteiger partial charge in [0.15, 0.2) is 0 Å². The third kappa shape index (κ3) is 8.33. The highest BCUT2D eigenvalue weighted by Crippen LogP contribution is 2.17. The fraction of sp³-hybridized carbons (Fsp3) is 0.688. The number of carboxylic acids is 1. The number of unbranched alkanes of at least 4 members (excludes halogenated alkanes) is 3. The van der Waals surface area contributed by atoms with Gasteiger partial charge in [-0.05, 0) is 31.0 Å². The van der Waals surface area contributed by atoms with E-state index in [4.69, 9.17) is 5.11 Å². The molecule has 0 saturated carbocycles. The van der Waals surface area contributed by atoms with Gasteiger partial charge in [-0.15, -0.1) is 11.3 Å². The van der Waals surface area contributed by atoms with Gasteiger partial charge in [0.2, 0.25) is 0 Å². The first-order chi connectivity index (χ1) is 9.58. The molecule has 0 aliphatic rings. The highest BCUT2D eigenvalue weighted by Gasteiger charge is 2.04. The molecular weight excluding hydrogens is 270 g/mol. The number of aliphatic carboxylic acids is 1. The Kier molecular flexibility index (Phi) is 8.54. The molecule has 0 aliphatic carbocycles. The highest BCUT2D eigenvalue weighted by molar-refractivity contribution is 7.12. The minimum absolute atomic E-state index is 0.139. The van der Waals surface area contributed by atoms with E-state index < -0.39 is 5.97 Å². The normalized spacial score (nSPS) is 11.2. The monoisotopic (exact) mass is 297 g/mol. The van der Waals surface area contributed by atoms with E-state index >= 15 is 0 Å². The first kappa shape index (κ1) is 17.2. The van der Waals surface area contributed by atoms with Crippen LogP contribution in [0.3, 0.4) is 0 Å². The number of hydrogen-bond donors (Lipinski definition) is 2. The van der Waals surface area contributed by atoms with Gasteiger partial charge in [0.25, 0.3) is 0 Å². The van der Waals surface area contributed by atoms with Crippen LogP contribution >= 0.6 is 11.3 Å². The summed E-state index contributed by atoms with van der Waals surface area (Å²) in [6.45, 7) is 6.46. The average Bonchev–Trinajstić information content (AvgIpc) is 2.79. The van der Waals surface area contributed by atoms with Gasteiger partial charge < -0.3 is 10.4 Å². The largest absolute Gasteiger partial charge is 0.481 e. The Morgan fingerprint density at radius 1 is 1.20 bits per heavy atom. The van der Waals surface area contributed by atoms with Crippen LogP contribution in [-0.4, -0.2) is 17.6 Å². The van der Waals surface area contributed by atoms with Crippen molar-refractivity contribution in [1.29, 1.82) is 0 Å². The van der Waals surface area contributed by atoms with Gasteiger partial charge in [0.05, 0.1) is 6.42 Å². The van der Waals surface area contributed by atoms with Crippen molar-refractivity contribution >= 4 is 17.3 Å². The second-order valence-corrected chi connectivity index (χ2v) is 6.96. The number of hydrogen-bond acceptors (Lipinski definition) is 3. The smallest absolute Gasteiger partial charge is 0.308 e. The summed E-state index contributed by atoms with van der Waals surface area (Å²) in [6, 6.07) is 3.94. The maximum absolute atomic E-state index is 10.6. The summed E-state index contributed by atoms with van der Waals surface area (Å²) in [5.41, 5.74) is 0. The zero-order chi connectivity index (χ0) is 14.8. The van der Waals surface area contributed by atoms with Gasteiger partial charge >= 0.3 is 5.97 Å². The summed E-state index contributed by atoms with van der Waals surface area (Å²) in [6.07, 6.45) is 6.69. The van der Waals surface area contributed by atoms with Crippen LogP contribution in [0.1, 0.15) is 55.7 Å². The highest BCUT2D eigenvalue weighted by atomic mass is 32.1. The molecule has 0 fully saturated rings. The fourth-order valence-electron chi connectivity index (χ4n) is 2.13. The number of thiophene rings is 1. The molecule has 0 atom stereocenters. The van der Waals surface area contributed by atoms with Crippen LogP contribution in [0.4, 0.5) is 0 Å². The Bertz CT molecular complexity index is 388. The van der Waals surface area contributed by atoms with Crippen LogP contribution in [0.25, 0.3) is 0 Å². The van der Waals surface area contributed by atoms with Crippen LogP contribution in [0.5, 0.6) is 0 Å². The SMILES string of the molecule is CC(C)CCCCCCNCc1ccc(CC(=O)O)s1. The standard InChI is InChI=1S/C16H27NO2S/c1-13(2)7-5-3-4-6-10-17-12-15-9-8-14(20-15)11-16(18)19/h8-9,13,17H,3-7,10-12H2,1-2H3,(H,18,19). The summed E-state index contributed by atoms with van der Waals surface area (Å²) in [5, 5.41) is 12.1. The summed E-state index contributed by atoms with van der Waals surface area (Å²) >= 11 is 1.59. The Hall–Kier alpha value is -0.870. The van der Waals surface area contributed by atoms with Crippen molar-refractivity contribution in [1.82, 2.24) is 5.32 Å². The lowest BCUT2D eigenvalue weighted by atomic mass is 10.0. The Morgan fingerprint density at radius 3 is 2.60 bits per heavy atom. The van der Waals surface area contributed by atoms with Crippen LogP contribution < -0.4 is 5.32 Å². The van der Waals surface area contributed by atoms with Gasteiger partial charge in [-0.25, -0.2) is 0 Å². The van der Waals surface area contributed by atoms with E-state index in [1.807, 2.05) is 12.1 Å². The van der Waals surface area contributed by atoms with Crippen LogP contribution in [0.15, 0.2) is 12.1 Å². The predicted molar refractivity (Wildman–Crippen MR) is 85.3 cm³/mol. The second-order valence-electron chi connectivity index (χ2n) is 5.71. The summed E-state index contributed by atoms with van der Waals surface area (Å²) < 4.78 is 0. The van der Waals surface area contributed by atoms with Crippen LogP contribution in [-0.2, 0) is 17.8 Å². The number of carbonyl (C=O) groups is 1. The van der Waals surface area contributed by atoms with Crippen molar-refractivity contribution in [2.24, 2.45) is 5.92 Å². The molecule has 114 valence electrons. The van der Waals surface area contributed by atoms with Crippen molar-refractivity contribution < 1.29 is 9.90 Å². The van der Waals surface area contributed by atoms with Crippen LogP contribution in [0, 0.1) is 5.92 Å². The lowest BCUT2D eigenvalue weighted by Gasteiger charge is -2.05. The molecule has 0 spiro atoms. The van der Waals surface area contributed by atoms with Crippen molar-refractivity contribution in [3.05, 3.63) is 21.9 Å². The molecule has 1 heterocycles. The Balaban J connectivity index is 2.01.